The molecule has 6 nitrogen and oxygen atoms in total. The average Bonchev–Trinajstić information content (AvgIpc) is 2.68. The Hall–Kier alpha value is -2.22. The van der Waals surface area contributed by atoms with Crippen molar-refractivity contribution in [3.05, 3.63) is 65.2 Å². The van der Waals surface area contributed by atoms with Gasteiger partial charge in [0, 0.05) is 38.3 Å². The van der Waals surface area contributed by atoms with Crippen molar-refractivity contribution in [1.29, 1.82) is 0 Å². The molecular formula is C20H25N3O3S. The van der Waals surface area contributed by atoms with Gasteiger partial charge in [0.05, 0.1) is 4.90 Å². The zero-order valence-corrected chi connectivity index (χ0v) is 16.5. The van der Waals surface area contributed by atoms with E-state index in [4.69, 9.17) is 0 Å². The second-order valence-corrected chi connectivity index (χ2v) is 8.68. The zero-order chi connectivity index (χ0) is 19.4. The van der Waals surface area contributed by atoms with Crippen LogP contribution in [0.5, 0.6) is 0 Å². The molecule has 1 N–H and O–H groups in total. The third-order valence-electron chi connectivity index (χ3n) is 4.83. The molecule has 2 aromatic rings. The van der Waals surface area contributed by atoms with Crippen LogP contribution in [-0.4, -0.2) is 57.4 Å². The number of nitrogens with one attached hydrogen (secondary N) is 1. The van der Waals surface area contributed by atoms with E-state index in [0.29, 0.717) is 18.7 Å². The van der Waals surface area contributed by atoms with Gasteiger partial charge >= 0.3 is 0 Å². The number of hydrogen-bond donors (Lipinski definition) is 1. The third kappa shape index (κ3) is 4.74. The molecule has 1 amide bonds. The van der Waals surface area contributed by atoms with Crippen molar-refractivity contribution in [3.8, 4) is 0 Å². The predicted octanol–water partition coefficient (Wildman–Crippen LogP) is 1.86. The highest BCUT2D eigenvalue weighted by atomic mass is 32.2. The van der Waals surface area contributed by atoms with Crippen molar-refractivity contribution in [1.82, 2.24) is 14.5 Å². The molecule has 0 bridgehead atoms. The van der Waals surface area contributed by atoms with Crippen LogP contribution in [0.2, 0.25) is 0 Å². The van der Waals surface area contributed by atoms with Gasteiger partial charge in [-0.1, -0.05) is 29.8 Å². The number of hydrogen-bond acceptors (Lipinski definition) is 4. The van der Waals surface area contributed by atoms with Crippen molar-refractivity contribution in [2.24, 2.45) is 0 Å². The first-order valence-electron chi connectivity index (χ1n) is 9.00. The van der Waals surface area contributed by atoms with E-state index in [-0.39, 0.29) is 10.8 Å². The molecular weight excluding hydrogens is 362 g/mol. The summed E-state index contributed by atoms with van der Waals surface area (Å²) in [6, 6.07) is 14.6. The van der Waals surface area contributed by atoms with E-state index in [1.807, 2.05) is 4.90 Å². The molecule has 1 aliphatic heterocycles. The summed E-state index contributed by atoms with van der Waals surface area (Å²) in [4.78, 5) is 17.0. The van der Waals surface area contributed by atoms with Gasteiger partial charge in [-0.2, -0.15) is 0 Å². The van der Waals surface area contributed by atoms with Crippen LogP contribution >= 0.6 is 0 Å². The number of sulfonamides is 1. The van der Waals surface area contributed by atoms with Crippen LogP contribution in [0, 0.1) is 6.92 Å². The average molecular weight is 388 g/mol. The minimum absolute atomic E-state index is 0.0568. The van der Waals surface area contributed by atoms with E-state index in [2.05, 4.69) is 40.8 Å². The first-order chi connectivity index (χ1) is 12.9. The highest BCUT2D eigenvalue weighted by Gasteiger charge is 2.22. The number of benzene rings is 2. The number of nitrogens with zero attached hydrogens (tertiary/aromatic N) is 2. The van der Waals surface area contributed by atoms with Crippen molar-refractivity contribution >= 4 is 15.9 Å². The fraction of sp³-hybridized carbons (Fsp3) is 0.350. The topological polar surface area (TPSA) is 69.7 Å². The van der Waals surface area contributed by atoms with E-state index < -0.39 is 10.0 Å². The molecule has 144 valence electrons. The number of carbonyl (C=O) groups is 1. The van der Waals surface area contributed by atoms with Crippen molar-refractivity contribution < 1.29 is 13.2 Å². The standard InChI is InChI=1S/C20H25N3O3S/c1-16-4-3-5-17(14-16)15-22-10-12-23(13-11-22)20(24)18-6-8-19(9-7-18)27(25,26)21-2/h3-9,14,21H,10-13,15H2,1-2H3. The second-order valence-electron chi connectivity index (χ2n) is 6.79. The first-order valence-corrected chi connectivity index (χ1v) is 10.5. The predicted molar refractivity (Wildman–Crippen MR) is 105 cm³/mol. The molecule has 1 fully saturated rings. The number of piperazine rings is 1. The Labute approximate surface area is 160 Å². The minimum atomic E-state index is -3.49. The van der Waals surface area contributed by atoms with E-state index in [1.54, 1.807) is 12.1 Å². The molecule has 3 rings (SSSR count). The third-order valence-corrected chi connectivity index (χ3v) is 6.26. The van der Waals surface area contributed by atoms with Crippen LogP contribution in [0.25, 0.3) is 0 Å². The molecule has 0 radical (unpaired) electrons. The van der Waals surface area contributed by atoms with Crippen LogP contribution in [0.1, 0.15) is 21.5 Å². The van der Waals surface area contributed by atoms with Crippen LogP contribution in [-0.2, 0) is 16.6 Å². The van der Waals surface area contributed by atoms with Gasteiger partial charge in [0.15, 0.2) is 0 Å². The summed E-state index contributed by atoms with van der Waals surface area (Å²) in [5, 5.41) is 0. The number of rotatable bonds is 5. The van der Waals surface area contributed by atoms with Crippen LogP contribution in [0.4, 0.5) is 0 Å². The van der Waals surface area contributed by atoms with Gasteiger partial charge < -0.3 is 4.90 Å². The summed E-state index contributed by atoms with van der Waals surface area (Å²) in [7, 11) is -2.12. The summed E-state index contributed by atoms with van der Waals surface area (Å²) in [5.74, 6) is -0.0568. The summed E-state index contributed by atoms with van der Waals surface area (Å²) in [6.45, 7) is 5.97. The lowest BCUT2D eigenvalue weighted by molar-refractivity contribution is 0.0628. The SMILES string of the molecule is CNS(=O)(=O)c1ccc(C(=O)N2CCN(Cc3cccc(C)c3)CC2)cc1. The maximum Gasteiger partial charge on any atom is 0.253 e. The fourth-order valence-corrected chi connectivity index (χ4v) is 3.98. The molecule has 0 spiro atoms. The Morgan fingerprint density at radius 3 is 2.30 bits per heavy atom. The molecule has 0 aromatic heterocycles. The maximum atomic E-state index is 12.7. The van der Waals surface area contributed by atoms with Gasteiger partial charge in [0.25, 0.3) is 5.91 Å². The molecule has 1 heterocycles. The molecule has 2 aromatic carbocycles. The largest absolute Gasteiger partial charge is 0.336 e. The molecule has 1 saturated heterocycles. The fourth-order valence-electron chi connectivity index (χ4n) is 3.25. The lowest BCUT2D eigenvalue weighted by Crippen LogP contribution is -2.48. The summed E-state index contributed by atoms with van der Waals surface area (Å²) in [6.07, 6.45) is 0. The minimum Gasteiger partial charge on any atom is -0.336 e. The molecule has 0 unspecified atom stereocenters. The maximum absolute atomic E-state index is 12.7. The van der Waals surface area contributed by atoms with Crippen LogP contribution < -0.4 is 4.72 Å². The number of amides is 1. The molecule has 0 atom stereocenters. The van der Waals surface area contributed by atoms with E-state index in [0.717, 1.165) is 19.6 Å². The monoisotopic (exact) mass is 387 g/mol. The Balaban J connectivity index is 1.58. The van der Waals surface area contributed by atoms with Crippen LogP contribution in [0.15, 0.2) is 53.4 Å². The van der Waals surface area contributed by atoms with Crippen molar-refractivity contribution in [2.45, 2.75) is 18.4 Å². The Morgan fingerprint density at radius 2 is 1.70 bits per heavy atom. The Bertz CT molecular complexity index is 902. The van der Waals surface area contributed by atoms with E-state index in [9.17, 15) is 13.2 Å². The molecule has 0 aliphatic carbocycles. The Kier molecular flexibility index (Phi) is 5.94. The van der Waals surface area contributed by atoms with Crippen molar-refractivity contribution in [2.75, 3.05) is 33.2 Å². The van der Waals surface area contributed by atoms with Gasteiger partial charge in [-0.15, -0.1) is 0 Å². The lowest BCUT2D eigenvalue weighted by Gasteiger charge is -2.34. The van der Waals surface area contributed by atoms with Gasteiger partial charge in [-0.3, -0.25) is 9.69 Å². The lowest BCUT2D eigenvalue weighted by atomic mass is 10.1. The highest BCUT2D eigenvalue weighted by Crippen LogP contribution is 2.15. The van der Waals surface area contributed by atoms with E-state index >= 15 is 0 Å². The van der Waals surface area contributed by atoms with Crippen molar-refractivity contribution in [3.63, 3.8) is 0 Å². The molecule has 0 saturated carbocycles. The van der Waals surface area contributed by atoms with Gasteiger partial charge in [0.2, 0.25) is 10.0 Å². The van der Waals surface area contributed by atoms with Gasteiger partial charge in [0.1, 0.15) is 0 Å². The molecule has 7 heteroatoms. The quantitative estimate of drug-likeness (QED) is 0.850. The highest BCUT2D eigenvalue weighted by molar-refractivity contribution is 7.89. The zero-order valence-electron chi connectivity index (χ0n) is 15.7. The van der Waals surface area contributed by atoms with E-state index in [1.165, 1.54) is 30.3 Å². The summed E-state index contributed by atoms with van der Waals surface area (Å²) in [5.41, 5.74) is 3.05. The molecule has 27 heavy (non-hydrogen) atoms. The number of aryl methyl sites for hydroxylation is 1. The smallest absolute Gasteiger partial charge is 0.253 e. The first kappa shape index (κ1) is 19.5. The Morgan fingerprint density at radius 1 is 1.04 bits per heavy atom. The second kappa shape index (κ2) is 8.21. The van der Waals surface area contributed by atoms with Gasteiger partial charge in [-0.05, 0) is 43.8 Å². The van der Waals surface area contributed by atoms with Gasteiger partial charge in [-0.25, -0.2) is 13.1 Å². The number of carbonyl (C=O) groups excluding carboxylic acids is 1. The normalized spacial score (nSPS) is 15.7. The van der Waals surface area contributed by atoms with Crippen LogP contribution in [0.3, 0.4) is 0 Å². The summed E-state index contributed by atoms with van der Waals surface area (Å²) >= 11 is 0. The molecule has 1 aliphatic rings. The summed E-state index contributed by atoms with van der Waals surface area (Å²) < 4.78 is 25.8.